The van der Waals surface area contributed by atoms with E-state index < -0.39 is 0 Å². The molecule has 0 aliphatic carbocycles. The molecule has 2 aromatic heterocycles. The fourth-order valence-corrected chi connectivity index (χ4v) is 6.10. The molecule has 5 heterocycles. The molecule has 2 aromatic rings. The molecular weight excluding hydrogens is 396 g/mol. The lowest BCUT2D eigenvalue weighted by Gasteiger charge is -2.45. The number of aromatic nitrogens is 2. The average molecular weight is 429 g/mol. The molecule has 3 aliphatic rings. The van der Waals surface area contributed by atoms with Gasteiger partial charge in [0.1, 0.15) is 0 Å². The molecule has 0 saturated carbocycles. The highest BCUT2D eigenvalue weighted by molar-refractivity contribution is 7.13. The first-order valence-corrected chi connectivity index (χ1v) is 12.3. The number of nitrogens with one attached hydrogen (secondary N) is 1. The fraction of sp³-hybridized carbons (Fsp3) is 0.652. The number of amides is 1. The van der Waals surface area contributed by atoms with Gasteiger partial charge in [0.2, 0.25) is 5.91 Å². The van der Waals surface area contributed by atoms with Crippen LogP contribution in [0.3, 0.4) is 0 Å². The summed E-state index contributed by atoms with van der Waals surface area (Å²) >= 11 is 1.74. The first-order chi connectivity index (χ1) is 14.7. The summed E-state index contributed by atoms with van der Waals surface area (Å²) in [6, 6.07) is 4.21. The van der Waals surface area contributed by atoms with E-state index in [1.807, 2.05) is 6.20 Å². The third-order valence-corrected chi connectivity index (χ3v) is 8.12. The van der Waals surface area contributed by atoms with Gasteiger partial charge in [-0.2, -0.15) is 5.10 Å². The van der Waals surface area contributed by atoms with Crippen LogP contribution in [0.2, 0.25) is 0 Å². The number of likely N-dealkylation sites (tertiary alicyclic amines) is 2. The average Bonchev–Trinajstić information content (AvgIpc) is 3.47. The lowest BCUT2D eigenvalue weighted by Crippen LogP contribution is -2.51. The molecule has 0 aromatic carbocycles. The lowest BCUT2D eigenvalue weighted by molar-refractivity contribution is -0.147. The molecule has 3 saturated heterocycles. The van der Waals surface area contributed by atoms with Gasteiger partial charge in [0.05, 0.1) is 22.4 Å². The zero-order valence-corrected chi connectivity index (χ0v) is 18.5. The molecule has 5 rings (SSSR count). The van der Waals surface area contributed by atoms with Gasteiger partial charge in [0, 0.05) is 37.7 Å². The van der Waals surface area contributed by atoms with E-state index in [1.165, 1.54) is 29.7 Å². The summed E-state index contributed by atoms with van der Waals surface area (Å²) in [5.74, 6) is 0.562. The van der Waals surface area contributed by atoms with Crippen LogP contribution >= 0.6 is 11.3 Å². The van der Waals surface area contributed by atoms with Crippen molar-refractivity contribution in [3.8, 4) is 10.6 Å². The molecule has 0 unspecified atom stereocenters. The maximum absolute atomic E-state index is 13.1. The van der Waals surface area contributed by atoms with Crippen LogP contribution in [-0.4, -0.2) is 64.3 Å². The van der Waals surface area contributed by atoms with Crippen molar-refractivity contribution in [3.05, 3.63) is 29.3 Å². The highest BCUT2D eigenvalue weighted by Crippen LogP contribution is 2.36. The van der Waals surface area contributed by atoms with Crippen LogP contribution in [0.1, 0.15) is 50.5 Å². The number of hydrogen-bond acceptors (Lipinski definition) is 5. The second-order valence-electron chi connectivity index (χ2n) is 9.11. The second kappa shape index (κ2) is 8.81. The quantitative estimate of drug-likeness (QED) is 0.802. The minimum atomic E-state index is 0.0727. The third-order valence-electron chi connectivity index (χ3n) is 7.24. The Morgan fingerprint density at radius 2 is 2.03 bits per heavy atom. The Bertz CT molecular complexity index is 825. The summed E-state index contributed by atoms with van der Waals surface area (Å²) in [5.41, 5.74) is 2.45. The standard InChI is InChI=1S/C23H32N4O2S/c28-22(27-12-8-23(9-13-27)7-1-2-14-29-23)18-5-10-26(11-6-18)17-19-16-24-25-21(19)20-4-3-15-30-20/h3-4,15-16,18H,1-2,5-14,17H2,(H,24,25). The molecule has 1 amide bonds. The van der Waals surface area contributed by atoms with Gasteiger partial charge in [-0.15, -0.1) is 11.3 Å². The first kappa shape index (κ1) is 20.2. The number of carbonyl (C=O) groups excluding carboxylic acids is 1. The second-order valence-corrected chi connectivity index (χ2v) is 10.1. The minimum absolute atomic E-state index is 0.0727. The molecule has 6 nitrogen and oxygen atoms in total. The number of thiophene rings is 1. The third kappa shape index (κ3) is 4.20. The number of aromatic amines is 1. The van der Waals surface area contributed by atoms with Crippen molar-refractivity contribution in [3.63, 3.8) is 0 Å². The maximum Gasteiger partial charge on any atom is 0.225 e. The van der Waals surface area contributed by atoms with E-state index in [2.05, 4.69) is 37.5 Å². The Hall–Kier alpha value is -1.70. The summed E-state index contributed by atoms with van der Waals surface area (Å²) in [6.07, 6.45) is 9.55. The van der Waals surface area contributed by atoms with Crippen LogP contribution in [0.5, 0.6) is 0 Å². The molecule has 1 spiro atoms. The van der Waals surface area contributed by atoms with Gasteiger partial charge >= 0.3 is 0 Å². The Balaban J connectivity index is 1.12. The summed E-state index contributed by atoms with van der Waals surface area (Å²) in [6.45, 7) is 5.50. The van der Waals surface area contributed by atoms with Crippen LogP contribution in [-0.2, 0) is 16.1 Å². The van der Waals surface area contributed by atoms with Crippen LogP contribution in [0.25, 0.3) is 10.6 Å². The molecule has 3 aliphatic heterocycles. The first-order valence-electron chi connectivity index (χ1n) is 11.4. The number of hydrogen-bond donors (Lipinski definition) is 1. The van der Waals surface area contributed by atoms with Crippen molar-refractivity contribution in [2.45, 2.75) is 57.1 Å². The van der Waals surface area contributed by atoms with E-state index in [9.17, 15) is 4.79 Å². The Morgan fingerprint density at radius 1 is 1.20 bits per heavy atom. The molecule has 7 heteroatoms. The van der Waals surface area contributed by atoms with Crippen LogP contribution in [0, 0.1) is 5.92 Å². The van der Waals surface area contributed by atoms with Gasteiger partial charge in [0.15, 0.2) is 0 Å². The normalized spacial score (nSPS) is 23.1. The minimum Gasteiger partial charge on any atom is -0.375 e. The van der Waals surface area contributed by atoms with Crippen molar-refractivity contribution >= 4 is 17.2 Å². The maximum atomic E-state index is 13.1. The van der Waals surface area contributed by atoms with E-state index in [0.717, 1.165) is 70.7 Å². The lowest BCUT2D eigenvalue weighted by atomic mass is 9.84. The Labute approximate surface area is 182 Å². The zero-order chi connectivity index (χ0) is 20.4. The van der Waals surface area contributed by atoms with E-state index in [0.29, 0.717) is 5.91 Å². The molecule has 3 fully saturated rings. The highest BCUT2D eigenvalue weighted by Gasteiger charge is 2.39. The molecule has 30 heavy (non-hydrogen) atoms. The SMILES string of the molecule is O=C(C1CCN(Cc2cn[nH]c2-c2cccs2)CC1)N1CCC2(CCCCO2)CC1. The van der Waals surface area contributed by atoms with Crippen molar-refractivity contribution in [1.82, 2.24) is 20.0 Å². The smallest absolute Gasteiger partial charge is 0.225 e. The van der Waals surface area contributed by atoms with Gasteiger partial charge < -0.3 is 9.64 Å². The van der Waals surface area contributed by atoms with Gasteiger partial charge in [0.25, 0.3) is 0 Å². The molecule has 1 N–H and O–H groups in total. The summed E-state index contributed by atoms with van der Waals surface area (Å²) in [5, 5.41) is 9.52. The monoisotopic (exact) mass is 428 g/mol. The largest absolute Gasteiger partial charge is 0.375 e. The topological polar surface area (TPSA) is 61.5 Å². The number of rotatable bonds is 4. The summed E-state index contributed by atoms with van der Waals surface area (Å²) < 4.78 is 6.13. The number of carbonyl (C=O) groups is 1. The van der Waals surface area contributed by atoms with Crippen LogP contribution in [0.4, 0.5) is 0 Å². The summed E-state index contributed by atoms with van der Waals surface area (Å²) in [7, 11) is 0. The van der Waals surface area contributed by atoms with Crippen molar-refractivity contribution < 1.29 is 9.53 Å². The van der Waals surface area contributed by atoms with Crippen LogP contribution < -0.4 is 0 Å². The Morgan fingerprint density at radius 3 is 2.73 bits per heavy atom. The van der Waals surface area contributed by atoms with Gasteiger partial charge in [-0.05, 0) is 69.5 Å². The number of nitrogens with zero attached hydrogens (tertiary/aromatic N) is 3. The molecule has 162 valence electrons. The van der Waals surface area contributed by atoms with Gasteiger partial charge in [-0.25, -0.2) is 0 Å². The molecule has 0 bridgehead atoms. The van der Waals surface area contributed by atoms with E-state index >= 15 is 0 Å². The Kier molecular flexibility index (Phi) is 5.94. The number of H-pyrrole nitrogens is 1. The van der Waals surface area contributed by atoms with E-state index in [1.54, 1.807) is 11.3 Å². The van der Waals surface area contributed by atoms with Crippen molar-refractivity contribution in [2.24, 2.45) is 5.92 Å². The molecule has 0 atom stereocenters. The van der Waals surface area contributed by atoms with Crippen LogP contribution in [0.15, 0.2) is 23.7 Å². The highest BCUT2D eigenvalue weighted by atomic mass is 32.1. The summed E-state index contributed by atoms with van der Waals surface area (Å²) in [4.78, 5) is 18.9. The van der Waals surface area contributed by atoms with Crippen molar-refractivity contribution in [1.29, 1.82) is 0 Å². The number of ether oxygens (including phenoxy) is 1. The van der Waals surface area contributed by atoms with E-state index in [-0.39, 0.29) is 11.5 Å². The van der Waals surface area contributed by atoms with E-state index in [4.69, 9.17) is 4.74 Å². The predicted octanol–water partition coefficient (Wildman–Crippen LogP) is 3.91. The molecular formula is C23H32N4O2S. The molecule has 0 radical (unpaired) electrons. The van der Waals surface area contributed by atoms with Gasteiger partial charge in [-0.1, -0.05) is 6.07 Å². The van der Waals surface area contributed by atoms with Gasteiger partial charge in [-0.3, -0.25) is 14.8 Å². The zero-order valence-electron chi connectivity index (χ0n) is 17.6. The predicted molar refractivity (Wildman–Crippen MR) is 118 cm³/mol. The van der Waals surface area contributed by atoms with Crippen molar-refractivity contribution in [2.75, 3.05) is 32.8 Å². The fourth-order valence-electron chi connectivity index (χ4n) is 5.34. The number of piperidine rings is 2.